The molecule has 1 saturated heterocycles. The Hall–Kier alpha value is -3.52. The molecule has 0 unspecified atom stereocenters. The van der Waals surface area contributed by atoms with Crippen LogP contribution in [0, 0.1) is 0 Å². The molecule has 0 aliphatic carbocycles. The van der Waals surface area contributed by atoms with Crippen molar-refractivity contribution >= 4 is 30.6 Å². The Bertz CT molecular complexity index is 1250. The second kappa shape index (κ2) is 13.9. The first-order chi connectivity index (χ1) is 19.7. The van der Waals surface area contributed by atoms with E-state index in [9.17, 15) is 9.59 Å². The zero-order valence-electron chi connectivity index (χ0n) is 24.3. The number of hydrogen-bond acceptors (Lipinski definition) is 6. The highest BCUT2D eigenvalue weighted by atomic mass is 28.4. The first-order valence-electron chi connectivity index (χ1n) is 14.2. The van der Waals surface area contributed by atoms with E-state index in [-0.39, 0.29) is 17.2 Å². The Balaban J connectivity index is 1.68. The molecule has 0 spiro atoms. The number of esters is 2. The van der Waals surface area contributed by atoms with Crippen molar-refractivity contribution in [2.45, 2.75) is 63.4 Å². The van der Waals surface area contributed by atoms with Gasteiger partial charge in [0.25, 0.3) is 8.32 Å². The molecule has 4 rings (SSSR count). The summed E-state index contributed by atoms with van der Waals surface area (Å²) < 4.78 is 24.4. The van der Waals surface area contributed by atoms with Crippen molar-refractivity contribution in [3.8, 4) is 0 Å². The summed E-state index contributed by atoms with van der Waals surface area (Å²) in [6, 6.07) is 29.9. The first-order valence-corrected chi connectivity index (χ1v) is 16.1. The van der Waals surface area contributed by atoms with E-state index in [0.717, 1.165) is 12.8 Å². The van der Waals surface area contributed by atoms with Crippen molar-refractivity contribution in [1.29, 1.82) is 0 Å². The molecular weight excluding hydrogens is 532 g/mol. The lowest BCUT2D eigenvalue weighted by atomic mass is 10.00. The van der Waals surface area contributed by atoms with Gasteiger partial charge in [0.1, 0.15) is 6.10 Å². The zero-order valence-corrected chi connectivity index (χ0v) is 25.3. The van der Waals surface area contributed by atoms with Gasteiger partial charge in [0.2, 0.25) is 0 Å². The van der Waals surface area contributed by atoms with Gasteiger partial charge in [0.15, 0.2) is 0 Å². The van der Waals surface area contributed by atoms with E-state index in [4.69, 9.17) is 18.6 Å². The van der Waals surface area contributed by atoms with Gasteiger partial charge in [-0.25, -0.2) is 9.59 Å². The summed E-state index contributed by atoms with van der Waals surface area (Å²) in [5, 5.41) is 2.20. The van der Waals surface area contributed by atoms with Crippen LogP contribution in [-0.2, 0) is 23.4 Å². The molecule has 3 aromatic rings. The van der Waals surface area contributed by atoms with Gasteiger partial charge in [-0.15, -0.1) is 0 Å². The van der Waals surface area contributed by atoms with Crippen molar-refractivity contribution in [2.75, 3.05) is 13.7 Å². The molecule has 1 heterocycles. The third-order valence-corrected chi connectivity index (χ3v) is 12.6. The summed E-state index contributed by atoms with van der Waals surface area (Å²) in [6.07, 6.45) is 3.60. The second-order valence-corrected chi connectivity index (χ2v) is 15.6. The monoisotopic (exact) mass is 572 g/mol. The predicted molar refractivity (Wildman–Crippen MR) is 163 cm³/mol. The van der Waals surface area contributed by atoms with Gasteiger partial charge in [-0.1, -0.05) is 99.6 Å². The molecule has 1 aliphatic heterocycles. The largest absolute Gasteiger partial charge is 0.466 e. The predicted octanol–water partition coefficient (Wildman–Crippen LogP) is 5.46. The molecule has 0 bridgehead atoms. The summed E-state index contributed by atoms with van der Waals surface area (Å²) in [5.74, 6) is -0.985. The highest BCUT2D eigenvalue weighted by Crippen LogP contribution is 2.39. The van der Waals surface area contributed by atoms with E-state index in [1.807, 2.05) is 18.2 Å². The zero-order chi connectivity index (χ0) is 29.3. The molecule has 3 aromatic carbocycles. The highest BCUT2D eigenvalue weighted by Gasteiger charge is 2.52. The minimum atomic E-state index is -2.84. The van der Waals surface area contributed by atoms with E-state index < -0.39 is 26.4 Å². The molecule has 0 radical (unpaired) electrons. The number of ether oxygens (including phenoxy) is 3. The SMILES string of the molecule is COC(=O)/C=C/[C@@H](C[C@H]1OCCC[C@H]1O[Si](c1ccccc1)(c1ccccc1)C(C)(C)C)OC(=O)c1ccccc1. The van der Waals surface area contributed by atoms with E-state index >= 15 is 0 Å². The number of methoxy groups -OCH3 is 1. The maximum atomic E-state index is 13.0. The molecule has 0 N–H and O–H groups in total. The average Bonchev–Trinajstić information content (AvgIpc) is 2.99. The van der Waals surface area contributed by atoms with E-state index in [2.05, 4.69) is 69.3 Å². The van der Waals surface area contributed by atoms with Crippen molar-refractivity contribution < 1.29 is 28.2 Å². The van der Waals surface area contributed by atoms with Crippen LogP contribution in [0.3, 0.4) is 0 Å². The molecule has 41 heavy (non-hydrogen) atoms. The minimum absolute atomic E-state index is 0.193. The van der Waals surface area contributed by atoms with Crippen molar-refractivity contribution in [1.82, 2.24) is 0 Å². The van der Waals surface area contributed by atoms with Crippen LogP contribution in [0.4, 0.5) is 0 Å². The highest BCUT2D eigenvalue weighted by molar-refractivity contribution is 6.99. The first kappa shape index (κ1) is 30.4. The summed E-state index contributed by atoms with van der Waals surface area (Å²) in [4.78, 5) is 24.9. The Kier molecular flexibility index (Phi) is 10.3. The van der Waals surface area contributed by atoms with Crippen LogP contribution >= 0.6 is 0 Å². The van der Waals surface area contributed by atoms with Gasteiger partial charge in [-0.05, 0) is 46.5 Å². The van der Waals surface area contributed by atoms with Crippen LogP contribution in [0.25, 0.3) is 0 Å². The van der Waals surface area contributed by atoms with E-state index in [1.165, 1.54) is 23.6 Å². The minimum Gasteiger partial charge on any atom is -0.466 e. The van der Waals surface area contributed by atoms with Gasteiger partial charge in [-0.2, -0.15) is 0 Å². The summed E-state index contributed by atoms with van der Waals surface area (Å²) in [5.41, 5.74) is 0.439. The fraction of sp³-hybridized carbons (Fsp3) is 0.353. The van der Waals surface area contributed by atoms with Crippen molar-refractivity contribution in [3.05, 3.63) is 109 Å². The molecule has 3 atom stereocenters. The summed E-state index contributed by atoms with van der Waals surface area (Å²) in [7, 11) is -1.52. The molecule has 1 aliphatic rings. The van der Waals surface area contributed by atoms with Crippen LogP contribution in [0.15, 0.2) is 103 Å². The fourth-order valence-electron chi connectivity index (χ4n) is 5.51. The molecular formula is C34H40O6Si. The smallest absolute Gasteiger partial charge is 0.338 e. The Labute approximate surface area is 244 Å². The lowest BCUT2D eigenvalue weighted by molar-refractivity contribution is -0.134. The lowest BCUT2D eigenvalue weighted by Gasteiger charge is -2.47. The second-order valence-electron chi connectivity index (χ2n) is 11.3. The molecule has 0 aromatic heterocycles. The van der Waals surface area contributed by atoms with Crippen LogP contribution in [0.5, 0.6) is 0 Å². The number of carbonyl (C=O) groups is 2. The Morgan fingerprint density at radius 3 is 2.02 bits per heavy atom. The van der Waals surface area contributed by atoms with E-state index in [1.54, 1.807) is 30.3 Å². The van der Waals surface area contributed by atoms with Crippen LogP contribution < -0.4 is 10.4 Å². The lowest BCUT2D eigenvalue weighted by Crippen LogP contribution is -2.68. The quantitative estimate of drug-likeness (QED) is 0.183. The van der Waals surface area contributed by atoms with Crippen LogP contribution in [-0.4, -0.2) is 52.3 Å². The number of hydrogen-bond donors (Lipinski definition) is 0. The molecule has 0 amide bonds. The summed E-state index contributed by atoms with van der Waals surface area (Å²) >= 11 is 0. The van der Waals surface area contributed by atoms with E-state index in [0.29, 0.717) is 18.6 Å². The van der Waals surface area contributed by atoms with Gasteiger partial charge in [0, 0.05) is 19.1 Å². The van der Waals surface area contributed by atoms with Gasteiger partial charge >= 0.3 is 11.9 Å². The molecule has 1 fully saturated rings. The number of benzene rings is 3. The van der Waals surface area contributed by atoms with Crippen molar-refractivity contribution in [3.63, 3.8) is 0 Å². The third-order valence-electron chi connectivity index (χ3n) is 7.51. The molecule has 7 heteroatoms. The molecule has 216 valence electrons. The third kappa shape index (κ3) is 7.41. The maximum Gasteiger partial charge on any atom is 0.338 e. The normalized spacial score (nSPS) is 18.5. The summed E-state index contributed by atoms with van der Waals surface area (Å²) in [6.45, 7) is 7.34. The average molecular weight is 573 g/mol. The van der Waals surface area contributed by atoms with Gasteiger partial charge in [0.05, 0.1) is 24.9 Å². The Morgan fingerprint density at radius 2 is 1.49 bits per heavy atom. The number of carbonyl (C=O) groups excluding carboxylic acids is 2. The number of rotatable bonds is 10. The van der Waals surface area contributed by atoms with Crippen molar-refractivity contribution in [2.24, 2.45) is 0 Å². The Morgan fingerprint density at radius 1 is 0.927 bits per heavy atom. The van der Waals surface area contributed by atoms with Crippen LogP contribution in [0.1, 0.15) is 50.4 Å². The molecule has 0 saturated carbocycles. The fourth-order valence-corrected chi connectivity index (χ4v) is 10.3. The standard InChI is InChI=1S/C34H40O6Si/c1-34(2,3)41(28-17-10-6-11-18-28,29-19-12-7-13-20-29)40-30-21-14-24-38-31(30)25-27(22-23-32(35)37-4)39-33(36)26-15-8-5-9-16-26/h5-13,15-20,22-23,27,30-31H,14,21,24-25H2,1-4H3/b23-22+/t27-,30+,31+/m0/s1. The molecule has 6 nitrogen and oxygen atoms in total. The maximum absolute atomic E-state index is 13.0. The van der Waals surface area contributed by atoms with Gasteiger partial charge < -0.3 is 18.6 Å². The van der Waals surface area contributed by atoms with Gasteiger partial charge in [-0.3, -0.25) is 0 Å². The topological polar surface area (TPSA) is 71.1 Å². The van der Waals surface area contributed by atoms with Crippen LogP contribution in [0.2, 0.25) is 5.04 Å².